The van der Waals surface area contributed by atoms with E-state index in [4.69, 9.17) is 9.16 Å². The van der Waals surface area contributed by atoms with Crippen LogP contribution >= 0.6 is 15.9 Å². The molecular formula is C21H30BrFN2O2Si. The van der Waals surface area contributed by atoms with Crippen molar-refractivity contribution in [3.63, 3.8) is 0 Å². The van der Waals surface area contributed by atoms with E-state index in [-0.39, 0.29) is 17.1 Å². The molecule has 1 atom stereocenters. The van der Waals surface area contributed by atoms with E-state index in [0.29, 0.717) is 16.6 Å². The molecule has 1 unspecified atom stereocenters. The normalized spacial score (nSPS) is 19.0. The first kappa shape index (κ1) is 21.7. The zero-order valence-electron chi connectivity index (χ0n) is 17.4. The Kier molecular flexibility index (Phi) is 6.49. The summed E-state index contributed by atoms with van der Waals surface area (Å²) in [4.78, 5) is 0. The predicted molar refractivity (Wildman–Crippen MR) is 118 cm³/mol. The lowest BCUT2D eigenvalue weighted by Gasteiger charge is -2.35. The molecule has 0 radical (unpaired) electrons. The van der Waals surface area contributed by atoms with Crippen LogP contribution in [0.15, 0.2) is 22.8 Å². The molecule has 1 saturated heterocycles. The van der Waals surface area contributed by atoms with Gasteiger partial charge in [-0.25, -0.2) is 9.07 Å². The van der Waals surface area contributed by atoms with Gasteiger partial charge in [0.25, 0.3) is 0 Å². The Labute approximate surface area is 176 Å². The van der Waals surface area contributed by atoms with Gasteiger partial charge in [0.05, 0.1) is 18.3 Å². The first-order valence-electron chi connectivity index (χ1n) is 9.89. The molecule has 4 nitrogen and oxygen atoms in total. The van der Waals surface area contributed by atoms with E-state index in [9.17, 15) is 4.39 Å². The highest BCUT2D eigenvalue weighted by atomic mass is 79.9. The Hall–Kier alpha value is -1.02. The minimum atomic E-state index is -1.81. The number of ether oxygens (including phenoxy) is 1. The minimum Gasteiger partial charge on any atom is -0.413 e. The lowest BCUT2D eigenvalue weighted by Crippen LogP contribution is -2.40. The van der Waals surface area contributed by atoms with E-state index in [1.54, 1.807) is 23.0 Å². The van der Waals surface area contributed by atoms with Gasteiger partial charge in [0, 0.05) is 28.1 Å². The van der Waals surface area contributed by atoms with Crippen LogP contribution in [0.4, 0.5) is 4.39 Å². The molecule has 1 aromatic heterocycles. The van der Waals surface area contributed by atoms with Gasteiger partial charge in [0.1, 0.15) is 5.82 Å². The number of halogens is 2. The Bertz CT molecular complexity index is 867. The number of hydrogen-bond donors (Lipinski definition) is 0. The second-order valence-corrected chi connectivity index (χ2v) is 14.5. The van der Waals surface area contributed by atoms with Gasteiger partial charge in [-0.3, -0.25) is 0 Å². The van der Waals surface area contributed by atoms with Gasteiger partial charge in [0.15, 0.2) is 14.5 Å². The molecule has 2 aromatic rings. The van der Waals surface area contributed by atoms with Gasteiger partial charge in [0.2, 0.25) is 0 Å². The molecule has 0 saturated carbocycles. The van der Waals surface area contributed by atoms with Crippen molar-refractivity contribution in [3.05, 3.63) is 34.2 Å². The number of hydrogen-bond acceptors (Lipinski definition) is 3. The summed E-state index contributed by atoms with van der Waals surface area (Å²) < 4.78 is 29.3. The standard InChI is InChI=1S/C21H30BrFN2O2Si/c1-21(2,3)28(4,5)27-12-8-9-15-17(23)13-18-16(20(15)22)14-24-25(18)19-10-6-7-11-26-19/h8-9,13-14,19H,6-7,10-12H2,1-5H3. The maximum absolute atomic E-state index is 14.9. The first-order valence-corrected chi connectivity index (χ1v) is 13.6. The molecule has 1 aliphatic rings. The highest BCUT2D eigenvalue weighted by Crippen LogP contribution is 2.37. The fraction of sp³-hybridized carbons (Fsp3) is 0.571. The zero-order valence-corrected chi connectivity index (χ0v) is 20.0. The molecule has 7 heteroatoms. The summed E-state index contributed by atoms with van der Waals surface area (Å²) in [5, 5.41) is 5.51. The number of fused-ring (bicyclic) bond motifs is 1. The van der Waals surface area contributed by atoms with E-state index in [0.717, 1.165) is 36.8 Å². The van der Waals surface area contributed by atoms with Gasteiger partial charge >= 0.3 is 0 Å². The summed E-state index contributed by atoms with van der Waals surface area (Å²) >= 11 is 3.58. The number of rotatable bonds is 5. The van der Waals surface area contributed by atoms with Crippen LogP contribution in [-0.4, -0.2) is 31.3 Å². The van der Waals surface area contributed by atoms with Crippen molar-refractivity contribution >= 4 is 41.2 Å². The third-order valence-electron chi connectivity index (χ3n) is 5.89. The molecule has 154 valence electrons. The highest BCUT2D eigenvalue weighted by molar-refractivity contribution is 9.10. The van der Waals surface area contributed by atoms with Crippen molar-refractivity contribution in [1.82, 2.24) is 9.78 Å². The van der Waals surface area contributed by atoms with E-state index in [1.807, 2.05) is 6.08 Å². The maximum Gasteiger partial charge on any atom is 0.192 e. The fourth-order valence-electron chi connectivity index (χ4n) is 3.07. The lowest BCUT2D eigenvalue weighted by molar-refractivity contribution is -0.0366. The molecule has 0 spiro atoms. The van der Waals surface area contributed by atoms with Gasteiger partial charge in [-0.15, -0.1) is 0 Å². The molecule has 1 aliphatic heterocycles. The molecule has 0 aliphatic carbocycles. The summed E-state index contributed by atoms with van der Waals surface area (Å²) in [6.45, 7) is 12.3. The largest absolute Gasteiger partial charge is 0.413 e. The zero-order chi connectivity index (χ0) is 20.5. The average molecular weight is 469 g/mol. The Morgan fingerprint density at radius 1 is 1.39 bits per heavy atom. The van der Waals surface area contributed by atoms with Crippen LogP contribution < -0.4 is 0 Å². The van der Waals surface area contributed by atoms with Crippen LogP contribution in [0.1, 0.15) is 51.8 Å². The maximum atomic E-state index is 14.9. The topological polar surface area (TPSA) is 36.3 Å². The van der Waals surface area contributed by atoms with E-state index < -0.39 is 8.32 Å². The molecule has 28 heavy (non-hydrogen) atoms. The number of nitrogens with zero attached hydrogens (tertiary/aromatic N) is 2. The van der Waals surface area contributed by atoms with E-state index in [2.05, 4.69) is 54.9 Å². The summed E-state index contributed by atoms with van der Waals surface area (Å²) in [5.74, 6) is -0.277. The Morgan fingerprint density at radius 2 is 2.14 bits per heavy atom. The van der Waals surface area contributed by atoms with Crippen LogP contribution in [0.25, 0.3) is 17.0 Å². The third kappa shape index (κ3) is 4.42. The quantitative estimate of drug-likeness (QED) is 0.459. The third-order valence-corrected chi connectivity index (χ3v) is 11.2. The van der Waals surface area contributed by atoms with Crippen LogP contribution in [0.3, 0.4) is 0 Å². The average Bonchev–Trinajstić information content (AvgIpc) is 3.04. The summed E-state index contributed by atoms with van der Waals surface area (Å²) in [7, 11) is -1.81. The molecule has 0 N–H and O–H groups in total. The number of aromatic nitrogens is 2. The van der Waals surface area contributed by atoms with Crippen LogP contribution in [0.5, 0.6) is 0 Å². The highest BCUT2D eigenvalue weighted by Gasteiger charge is 2.36. The van der Waals surface area contributed by atoms with Gasteiger partial charge < -0.3 is 9.16 Å². The van der Waals surface area contributed by atoms with Gasteiger partial charge in [-0.05, 0) is 53.3 Å². The SMILES string of the molecule is CC(C)(C)[Si](C)(C)OCC=Cc1c(F)cc2c(cnn2C2CCCCO2)c1Br. The van der Waals surface area contributed by atoms with Crippen molar-refractivity contribution in [2.75, 3.05) is 13.2 Å². The van der Waals surface area contributed by atoms with Crippen molar-refractivity contribution in [2.24, 2.45) is 0 Å². The monoisotopic (exact) mass is 468 g/mol. The summed E-state index contributed by atoms with van der Waals surface area (Å²) in [6, 6.07) is 1.55. The Balaban J connectivity index is 1.81. The van der Waals surface area contributed by atoms with E-state index >= 15 is 0 Å². The number of benzene rings is 1. The molecule has 1 aromatic carbocycles. The molecule has 0 bridgehead atoms. The molecule has 0 amide bonds. The molecule has 3 rings (SSSR count). The van der Waals surface area contributed by atoms with E-state index in [1.165, 1.54) is 0 Å². The van der Waals surface area contributed by atoms with Gasteiger partial charge in [-0.1, -0.05) is 32.9 Å². The van der Waals surface area contributed by atoms with Crippen molar-refractivity contribution < 1.29 is 13.6 Å². The molecule has 1 fully saturated rings. The van der Waals surface area contributed by atoms with Crippen LogP contribution in [0.2, 0.25) is 18.1 Å². The lowest BCUT2D eigenvalue weighted by atomic mass is 10.1. The predicted octanol–water partition coefficient (Wildman–Crippen LogP) is 6.67. The summed E-state index contributed by atoms with van der Waals surface area (Å²) in [6.07, 6.45) is 8.43. The second kappa shape index (κ2) is 8.38. The molecule has 2 heterocycles. The minimum absolute atomic E-state index is 0.114. The van der Waals surface area contributed by atoms with Crippen LogP contribution in [-0.2, 0) is 9.16 Å². The smallest absolute Gasteiger partial charge is 0.192 e. The molecular weight excluding hydrogens is 439 g/mol. The van der Waals surface area contributed by atoms with Crippen molar-refractivity contribution in [3.8, 4) is 0 Å². The summed E-state index contributed by atoms with van der Waals surface area (Å²) in [5.41, 5.74) is 1.28. The Morgan fingerprint density at radius 3 is 2.79 bits per heavy atom. The first-order chi connectivity index (χ1) is 13.1. The van der Waals surface area contributed by atoms with Gasteiger partial charge in [-0.2, -0.15) is 5.10 Å². The second-order valence-electron chi connectivity index (χ2n) is 8.90. The van der Waals surface area contributed by atoms with Crippen molar-refractivity contribution in [2.45, 2.75) is 64.4 Å². The van der Waals surface area contributed by atoms with Crippen LogP contribution in [0, 0.1) is 5.82 Å². The van der Waals surface area contributed by atoms with Crippen molar-refractivity contribution in [1.29, 1.82) is 0 Å². The fourth-order valence-corrected chi connectivity index (χ4v) is 4.64.